The van der Waals surface area contributed by atoms with Crippen molar-refractivity contribution in [2.75, 3.05) is 5.32 Å². The second kappa shape index (κ2) is 5.76. The fourth-order valence-electron chi connectivity index (χ4n) is 1.27. The van der Waals surface area contributed by atoms with Crippen LogP contribution in [0.1, 0.15) is 11.4 Å². The number of hydrogen-bond acceptors (Lipinski definition) is 6. The van der Waals surface area contributed by atoms with Gasteiger partial charge in [-0.05, 0) is 39.3 Å². The molecule has 0 bridgehead atoms. The lowest BCUT2D eigenvalue weighted by atomic mass is 10.2. The first-order valence-electron chi connectivity index (χ1n) is 5.05. The fourth-order valence-corrected chi connectivity index (χ4v) is 1.74. The molecule has 0 saturated heterocycles. The van der Waals surface area contributed by atoms with E-state index < -0.39 is 0 Å². The topological polar surface area (TPSA) is 114 Å². The molecule has 0 radical (unpaired) electrons. The lowest BCUT2D eigenvalue weighted by Crippen LogP contribution is -1.93. The molecule has 1 heterocycles. The summed E-state index contributed by atoms with van der Waals surface area (Å²) < 4.78 is 0.673. The number of halogens is 1. The Hall–Kier alpha value is -2.71. The van der Waals surface area contributed by atoms with Gasteiger partial charge in [0.25, 0.3) is 0 Å². The highest BCUT2D eigenvalue weighted by molar-refractivity contribution is 9.10. The zero-order valence-corrected chi connectivity index (χ0v) is 11.0. The third-order valence-corrected chi connectivity index (χ3v) is 2.84. The maximum Gasteiger partial charge on any atom is 0.216 e. The summed E-state index contributed by atoms with van der Waals surface area (Å²) in [6.45, 7) is 0. The van der Waals surface area contributed by atoms with Gasteiger partial charge in [0.2, 0.25) is 5.82 Å². The Balaban J connectivity index is 2.20. The van der Waals surface area contributed by atoms with Crippen LogP contribution in [0, 0.1) is 22.7 Å². The van der Waals surface area contributed by atoms with Gasteiger partial charge in [-0.1, -0.05) is 0 Å². The van der Waals surface area contributed by atoms with Crippen molar-refractivity contribution in [1.82, 2.24) is 20.6 Å². The number of H-pyrrole nitrogens is 1. The third-order valence-electron chi connectivity index (χ3n) is 2.18. The second-order valence-corrected chi connectivity index (χ2v) is 4.21. The molecule has 0 unspecified atom stereocenters. The predicted molar refractivity (Wildman–Crippen MR) is 70.2 cm³/mol. The molecule has 19 heavy (non-hydrogen) atoms. The standard InChI is InChI=1S/C11H6BrN7/c12-10-3-9(2-1-7(10)4-13)15-6-8(5-14)11-16-18-19-17-11/h1-3,6,15H,(H,16,17,18,19). The molecule has 0 spiro atoms. The van der Waals surface area contributed by atoms with Gasteiger partial charge in [0.15, 0.2) is 0 Å². The Morgan fingerprint density at radius 3 is 2.84 bits per heavy atom. The Labute approximate surface area is 116 Å². The number of aromatic nitrogens is 4. The van der Waals surface area contributed by atoms with E-state index in [0.717, 1.165) is 5.69 Å². The third kappa shape index (κ3) is 2.94. The van der Waals surface area contributed by atoms with E-state index in [2.05, 4.69) is 41.9 Å². The summed E-state index contributed by atoms with van der Waals surface area (Å²) in [6, 6.07) is 9.14. The van der Waals surface area contributed by atoms with Gasteiger partial charge >= 0.3 is 0 Å². The molecule has 92 valence electrons. The van der Waals surface area contributed by atoms with Crippen LogP contribution >= 0.6 is 15.9 Å². The molecule has 1 aromatic heterocycles. The zero-order valence-electron chi connectivity index (χ0n) is 9.42. The lowest BCUT2D eigenvalue weighted by molar-refractivity contribution is 0.881. The van der Waals surface area contributed by atoms with E-state index in [4.69, 9.17) is 10.5 Å². The average molecular weight is 316 g/mol. The smallest absolute Gasteiger partial charge is 0.216 e. The van der Waals surface area contributed by atoms with Gasteiger partial charge in [0.05, 0.1) is 5.56 Å². The largest absolute Gasteiger partial charge is 0.360 e. The molecule has 8 heteroatoms. The monoisotopic (exact) mass is 315 g/mol. The van der Waals surface area contributed by atoms with Crippen molar-refractivity contribution >= 4 is 27.2 Å². The Bertz CT molecular complexity index is 691. The number of allylic oxidation sites excluding steroid dienone is 1. The van der Waals surface area contributed by atoms with Gasteiger partial charge in [-0.3, -0.25) is 0 Å². The van der Waals surface area contributed by atoms with Crippen LogP contribution in [0.3, 0.4) is 0 Å². The highest BCUT2D eigenvalue weighted by Crippen LogP contribution is 2.21. The van der Waals surface area contributed by atoms with Crippen molar-refractivity contribution in [3.8, 4) is 12.1 Å². The van der Waals surface area contributed by atoms with E-state index in [1.807, 2.05) is 12.1 Å². The van der Waals surface area contributed by atoms with Crippen molar-refractivity contribution in [2.45, 2.75) is 0 Å². The summed E-state index contributed by atoms with van der Waals surface area (Å²) in [5.74, 6) is 0.211. The lowest BCUT2D eigenvalue weighted by Gasteiger charge is -2.02. The SMILES string of the molecule is N#CC(=CNc1ccc(C#N)c(Br)c1)c1nn[nH]n1. The Morgan fingerprint density at radius 1 is 1.42 bits per heavy atom. The van der Waals surface area contributed by atoms with Gasteiger partial charge in [0, 0.05) is 16.4 Å². The van der Waals surface area contributed by atoms with Crippen LogP contribution in [0.25, 0.3) is 5.57 Å². The van der Waals surface area contributed by atoms with E-state index in [1.165, 1.54) is 6.20 Å². The van der Waals surface area contributed by atoms with E-state index in [-0.39, 0.29) is 11.4 Å². The number of nitriles is 2. The van der Waals surface area contributed by atoms with Gasteiger partial charge in [-0.25, -0.2) is 0 Å². The van der Waals surface area contributed by atoms with Gasteiger partial charge in [-0.2, -0.15) is 15.7 Å². The molecule has 0 saturated carbocycles. The number of benzene rings is 1. The summed E-state index contributed by atoms with van der Waals surface area (Å²) in [5.41, 5.74) is 1.50. The van der Waals surface area contributed by atoms with E-state index >= 15 is 0 Å². The first-order chi connectivity index (χ1) is 9.24. The molecule has 0 aliphatic carbocycles. The van der Waals surface area contributed by atoms with Gasteiger partial charge in [-0.15, -0.1) is 10.2 Å². The molecule has 2 aromatic rings. The van der Waals surface area contributed by atoms with Crippen LogP contribution in [-0.2, 0) is 0 Å². The number of anilines is 1. The number of hydrogen-bond donors (Lipinski definition) is 2. The highest BCUT2D eigenvalue weighted by Gasteiger charge is 2.05. The first kappa shape index (κ1) is 12.7. The molecule has 0 fully saturated rings. The number of aromatic amines is 1. The van der Waals surface area contributed by atoms with Crippen LogP contribution in [0.5, 0.6) is 0 Å². The van der Waals surface area contributed by atoms with E-state index in [9.17, 15) is 0 Å². The Kier molecular flexibility index (Phi) is 3.86. The van der Waals surface area contributed by atoms with Gasteiger partial charge in [0.1, 0.15) is 17.7 Å². The summed E-state index contributed by atoms with van der Waals surface area (Å²) in [7, 11) is 0. The van der Waals surface area contributed by atoms with E-state index in [0.29, 0.717) is 10.0 Å². The summed E-state index contributed by atoms with van der Waals surface area (Å²) >= 11 is 3.28. The van der Waals surface area contributed by atoms with Gasteiger partial charge < -0.3 is 5.32 Å². The average Bonchev–Trinajstić information content (AvgIpc) is 2.94. The minimum absolute atomic E-state index is 0.211. The normalized spacial score (nSPS) is 10.6. The first-order valence-corrected chi connectivity index (χ1v) is 5.84. The van der Waals surface area contributed by atoms with Crippen molar-refractivity contribution in [2.24, 2.45) is 0 Å². The second-order valence-electron chi connectivity index (χ2n) is 3.36. The summed E-state index contributed by atoms with van der Waals surface area (Å²) in [5, 5.41) is 33.8. The van der Waals surface area contributed by atoms with Crippen LogP contribution in [0.2, 0.25) is 0 Å². The van der Waals surface area contributed by atoms with Crippen LogP contribution in [0.15, 0.2) is 28.9 Å². The number of rotatable bonds is 3. The minimum atomic E-state index is 0.211. The van der Waals surface area contributed by atoms with E-state index in [1.54, 1.807) is 18.2 Å². The van der Waals surface area contributed by atoms with Crippen molar-refractivity contribution in [3.05, 3.63) is 40.3 Å². The molecule has 2 rings (SSSR count). The maximum atomic E-state index is 8.98. The zero-order chi connectivity index (χ0) is 13.7. The van der Waals surface area contributed by atoms with Crippen LogP contribution in [-0.4, -0.2) is 20.6 Å². The summed E-state index contributed by atoms with van der Waals surface area (Å²) in [4.78, 5) is 0. The maximum absolute atomic E-state index is 8.98. The van der Waals surface area contributed by atoms with Crippen molar-refractivity contribution in [1.29, 1.82) is 10.5 Å². The molecule has 0 aliphatic heterocycles. The highest BCUT2D eigenvalue weighted by atomic mass is 79.9. The quantitative estimate of drug-likeness (QED) is 0.835. The van der Waals surface area contributed by atoms with Crippen molar-refractivity contribution in [3.63, 3.8) is 0 Å². The molecule has 2 N–H and O–H groups in total. The molecule has 0 atom stereocenters. The summed E-state index contributed by atoms with van der Waals surface area (Å²) in [6.07, 6.45) is 1.47. The number of nitrogens with one attached hydrogen (secondary N) is 2. The molecular formula is C11H6BrN7. The molecule has 7 nitrogen and oxygen atoms in total. The molecule has 0 aliphatic rings. The predicted octanol–water partition coefficient (Wildman–Crippen LogP) is 1.81. The van der Waals surface area contributed by atoms with Crippen LogP contribution < -0.4 is 5.32 Å². The fraction of sp³-hybridized carbons (Fsp3) is 0. The number of nitrogens with zero attached hydrogens (tertiary/aromatic N) is 5. The minimum Gasteiger partial charge on any atom is -0.360 e. The Morgan fingerprint density at radius 2 is 2.26 bits per heavy atom. The van der Waals surface area contributed by atoms with Crippen LogP contribution in [0.4, 0.5) is 5.69 Å². The number of tetrazole rings is 1. The molecular weight excluding hydrogens is 310 g/mol. The van der Waals surface area contributed by atoms with Crippen molar-refractivity contribution < 1.29 is 0 Å². The molecule has 0 amide bonds. The molecule has 1 aromatic carbocycles.